The van der Waals surface area contributed by atoms with Crippen LogP contribution in [0.4, 0.5) is 5.69 Å². The van der Waals surface area contributed by atoms with Crippen molar-refractivity contribution < 1.29 is 9.90 Å². The summed E-state index contributed by atoms with van der Waals surface area (Å²) in [6, 6.07) is 23.4. The third-order valence-electron chi connectivity index (χ3n) is 8.65. The molecule has 3 aromatic rings. The number of nitrogens with zero attached hydrogens (tertiary/aromatic N) is 4. The van der Waals surface area contributed by atoms with Crippen LogP contribution in [-0.4, -0.2) is 83.4 Å². The largest absolute Gasteiger partial charge is 0.396 e. The van der Waals surface area contributed by atoms with Gasteiger partial charge < -0.3 is 21.1 Å². The number of piperazine rings is 1. The van der Waals surface area contributed by atoms with E-state index in [0.717, 1.165) is 80.2 Å². The maximum Gasteiger partial charge on any atom is 0.250 e. The number of hydrogen-bond acceptors (Lipinski definition) is 8. The molecule has 236 valence electrons. The number of hydrogen-bond donors (Lipinski definition) is 3. The molecular formula is C36H44N6O2S. The number of amidine groups is 1. The van der Waals surface area contributed by atoms with Crippen LogP contribution in [0.3, 0.4) is 0 Å². The number of aliphatic imine (C=N–C) groups is 1. The molecule has 0 radical (unpaired) electrons. The Morgan fingerprint density at radius 1 is 1.04 bits per heavy atom. The van der Waals surface area contributed by atoms with Crippen molar-refractivity contribution in [3.63, 3.8) is 0 Å². The van der Waals surface area contributed by atoms with Gasteiger partial charge in [-0.05, 0) is 64.9 Å². The van der Waals surface area contributed by atoms with E-state index < -0.39 is 0 Å². The topological polar surface area (TPSA) is 97.4 Å². The molecule has 2 saturated heterocycles. The fraction of sp³-hybridized carbons (Fsp3) is 0.389. The normalized spacial score (nSPS) is 17.6. The fourth-order valence-corrected chi connectivity index (χ4v) is 7.31. The first kappa shape index (κ1) is 31.5. The first-order chi connectivity index (χ1) is 22.0. The van der Waals surface area contributed by atoms with Gasteiger partial charge in [-0.25, -0.2) is 9.30 Å². The number of rotatable bonds is 11. The summed E-state index contributed by atoms with van der Waals surface area (Å²) in [5.74, 6) is 0.835. The van der Waals surface area contributed by atoms with Crippen LogP contribution in [0.5, 0.6) is 0 Å². The Bertz CT molecular complexity index is 1540. The number of carbonyl (C=O) groups excluding carboxylic acids is 1. The molecule has 3 heterocycles. The highest BCUT2D eigenvalue weighted by atomic mass is 32.2. The highest BCUT2D eigenvalue weighted by molar-refractivity contribution is 7.97. The van der Waals surface area contributed by atoms with Crippen LogP contribution in [0, 0.1) is 5.92 Å². The van der Waals surface area contributed by atoms with E-state index in [0.29, 0.717) is 36.8 Å². The minimum atomic E-state index is 0.0102. The van der Waals surface area contributed by atoms with Crippen molar-refractivity contribution in [2.75, 3.05) is 52.4 Å². The molecule has 45 heavy (non-hydrogen) atoms. The maximum absolute atomic E-state index is 13.9. The van der Waals surface area contributed by atoms with E-state index >= 15 is 0 Å². The highest BCUT2D eigenvalue weighted by Crippen LogP contribution is 2.35. The molecule has 0 aromatic heterocycles. The van der Waals surface area contributed by atoms with Gasteiger partial charge in [-0.3, -0.25) is 9.69 Å². The van der Waals surface area contributed by atoms with E-state index in [2.05, 4.69) is 82.1 Å². The van der Waals surface area contributed by atoms with Gasteiger partial charge in [0.2, 0.25) is 0 Å². The Labute approximate surface area is 271 Å². The molecule has 1 amide bonds. The highest BCUT2D eigenvalue weighted by Gasteiger charge is 2.27. The third-order valence-corrected chi connectivity index (χ3v) is 9.67. The molecule has 0 saturated carbocycles. The lowest BCUT2D eigenvalue weighted by Crippen LogP contribution is -2.43. The van der Waals surface area contributed by atoms with E-state index in [-0.39, 0.29) is 12.5 Å². The first-order valence-corrected chi connectivity index (χ1v) is 16.9. The molecule has 2 fully saturated rings. The number of aliphatic hydroxyl groups is 1. The third kappa shape index (κ3) is 8.04. The van der Waals surface area contributed by atoms with Crippen LogP contribution in [0.15, 0.2) is 82.2 Å². The first-order valence-electron chi connectivity index (χ1n) is 16.1. The summed E-state index contributed by atoms with van der Waals surface area (Å²) in [6.45, 7) is 10.6. The van der Waals surface area contributed by atoms with Gasteiger partial charge in [0.15, 0.2) is 0 Å². The van der Waals surface area contributed by atoms with Crippen LogP contribution >= 0.6 is 11.9 Å². The van der Waals surface area contributed by atoms with E-state index in [1.54, 1.807) is 11.9 Å². The summed E-state index contributed by atoms with van der Waals surface area (Å²) in [6.07, 6.45) is 3.17. The molecule has 0 spiro atoms. The smallest absolute Gasteiger partial charge is 0.250 e. The van der Waals surface area contributed by atoms with Gasteiger partial charge in [0, 0.05) is 93.9 Å². The zero-order valence-corrected chi connectivity index (χ0v) is 26.9. The second kappa shape index (κ2) is 14.7. The molecule has 9 heteroatoms. The van der Waals surface area contributed by atoms with E-state index in [9.17, 15) is 9.90 Å². The quantitative estimate of drug-likeness (QED) is 0.261. The summed E-state index contributed by atoms with van der Waals surface area (Å²) in [5.41, 5.74) is 13.4. The Morgan fingerprint density at radius 3 is 2.56 bits per heavy atom. The van der Waals surface area contributed by atoms with Crippen LogP contribution < -0.4 is 11.1 Å². The lowest BCUT2D eigenvalue weighted by atomic mass is 10.0. The van der Waals surface area contributed by atoms with Crippen molar-refractivity contribution in [2.45, 2.75) is 37.8 Å². The average Bonchev–Trinajstić information content (AvgIpc) is 3.21. The number of nitrogens with two attached hydrogens (primary N) is 1. The van der Waals surface area contributed by atoms with Gasteiger partial charge in [-0.15, -0.1) is 0 Å². The minimum Gasteiger partial charge on any atom is -0.396 e. The lowest BCUT2D eigenvalue weighted by Gasteiger charge is -2.36. The number of benzene rings is 3. The number of amides is 1. The SMILES string of the molecule is CCCN(Cc1ccc(CN2CCNCC2)cc1)C(=O)C1=Cc2ccc(-c3cccc(SN4CC(CO)C4)c3)cc2N=C(N)C1. The zero-order chi connectivity index (χ0) is 31.2. The van der Waals surface area contributed by atoms with E-state index in [1.807, 2.05) is 17.0 Å². The van der Waals surface area contributed by atoms with Crippen molar-refractivity contribution in [1.29, 1.82) is 0 Å². The molecule has 8 nitrogen and oxygen atoms in total. The average molecular weight is 625 g/mol. The molecule has 0 unspecified atom stereocenters. The molecule has 3 aliphatic heterocycles. The monoisotopic (exact) mass is 624 g/mol. The summed E-state index contributed by atoms with van der Waals surface area (Å²) in [5, 5.41) is 12.7. The van der Waals surface area contributed by atoms with Gasteiger partial charge >= 0.3 is 0 Å². The maximum atomic E-state index is 13.9. The van der Waals surface area contributed by atoms with Crippen molar-refractivity contribution in [3.05, 3.63) is 89.0 Å². The fourth-order valence-electron chi connectivity index (χ4n) is 6.12. The van der Waals surface area contributed by atoms with Gasteiger partial charge in [0.25, 0.3) is 5.91 Å². The van der Waals surface area contributed by atoms with Crippen LogP contribution in [0.2, 0.25) is 0 Å². The van der Waals surface area contributed by atoms with Crippen molar-refractivity contribution >= 4 is 35.5 Å². The number of carbonyl (C=O) groups is 1. The molecule has 6 rings (SSSR count). The second-order valence-electron chi connectivity index (χ2n) is 12.3. The number of nitrogens with one attached hydrogen (secondary N) is 1. The van der Waals surface area contributed by atoms with Crippen molar-refractivity contribution in [1.82, 2.24) is 19.4 Å². The van der Waals surface area contributed by atoms with Gasteiger partial charge in [0.1, 0.15) is 5.84 Å². The zero-order valence-electron chi connectivity index (χ0n) is 26.1. The summed E-state index contributed by atoms with van der Waals surface area (Å²) in [4.78, 5) is 24.3. The number of aliphatic hydroxyl groups excluding tert-OH is 1. The summed E-state index contributed by atoms with van der Waals surface area (Å²) < 4.78 is 2.27. The van der Waals surface area contributed by atoms with Crippen molar-refractivity contribution in [2.24, 2.45) is 16.6 Å². The summed E-state index contributed by atoms with van der Waals surface area (Å²) in [7, 11) is 0. The summed E-state index contributed by atoms with van der Waals surface area (Å²) >= 11 is 1.73. The van der Waals surface area contributed by atoms with Crippen LogP contribution in [-0.2, 0) is 17.9 Å². The molecular weight excluding hydrogens is 581 g/mol. The Morgan fingerprint density at radius 2 is 1.80 bits per heavy atom. The van der Waals surface area contributed by atoms with E-state index in [4.69, 9.17) is 10.7 Å². The van der Waals surface area contributed by atoms with Gasteiger partial charge in [-0.2, -0.15) is 0 Å². The van der Waals surface area contributed by atoms with Crippen LogP contribution in [0.1, 0.15) is 36.5 Å². The number of fused-ring (bicyclic) bond motifs is 1. The Kier molecular flexibility index (Phi) is 10.3. The van der Waals surface area contributed by atoms with Gasteiger partial charge in [0.05, 0.1) is 5.69 Å². The Balaban J connectivity index is 1.16. The molecule has 0 aliphatic carbocycles. The predicted octanol–water partition coefficient (Wildman–Crippen LogP) is 4.90. The predicted molar refractivity (Wildman–Crippen MR) is 184 cm³/mol. The molecule has 3 aliphatic rings. The standard InChI is InChI=1S/C36H44N6O2S/c1-2-14-41(22-27-8-6-26(7-9-27)21-40-15-12-38-13-16-40)36(44)32-17-31-11-10-30(19-34(31)39-35(37)20-32)29-4-3-5-33(18-29)45-42-23-28(24-42)25-43/h3-11,17-19,28,38,43H,2,12-16,20-25H2,1H3,(H2,37,39). The van der Waals surface area contributed by atoms with Crippen molar-refractivity contribution in [3.8, 4) is 11.1 Å². The molecule has 4 N–H and O–H groups in total. The van der Waals surface area contributed by atoms with E-state index in [1.165, 1.54) is 10.5 Å². The lowest BCUT2D eigenvalue weighted by molar-refractivity contribution is -0.127. The molecule has 0 atom stereocenters. The minimum absolute atomic E-state index is 0.0102. The second-order valence-corrected chi connectivity index (χ2v) is 13.5. The molecule has 0 bridgehead atoms. The molecule has 3 aromatic carbocycles. The van der Waals surface area contributed by atoms with Crippen LogP contribution in [0.25, 0.3) is 17.2 Å². The van der Waals surface area contributed by atoms with Gasteiger partial charge in [-0.1, -0.05) is 55.5 Å². The Hall–Kier alpha value is -3.47.